The summed E-state index contributed by atoms with van der Waals surface area (Å²) in [5.41, 5.74) is 14.6. The Hall–Kier alpha value is -5.87. The van der Waals surface area contributed by atoms with Gasteiger partial charge in [-0.3, -0.25) is 4.99 Å². The van der Waals surface area contributed by atoms with Crippen LogP contribution < -0.4 is 16.0 Å². The second-order valence-corrected chi connectivity index (χ2v) is 15.8. The van der Waals surface area contributed by atoms with Crippen molar-refractivity contribution < 1.29 is 8.83 Å². The van der Waals surface area contributed by atoms with Gasteiger partial charge >= 0.3 is 0 Å². The molecule has 0 amide bonds. The maximum Gasteiger partial charge on any atom is 0.136 e. The van der Waals surface area contributed by atoms with E-state index in [2.05, 4.69) is 154 Å². The van der Waals surface area contributed by atoms with Crippen LogP contribution in [0.4, 0.5) is 0 Å². The molecule has 266 valence electrons. The van der Waals surface area contributed by atoms with Crippen LogP contribution in [0.1, 0.15) is 81.3 Å². The molecule has 10 rings (SSSR count). The van der Waals surface area contributed by atoms with Gasteiger partial charge in [-0.05, 0) is 96.9 Å². The lowest BCUT2D eigenvalue weighted by molar-refractivity contribution is 0.546. The fraction of sp³-hybridized carbons (Fsp3) is 0.220. The van der Waals surface area contributed by atoms with E-state index in [-0.39, 0.29) is 17.5 Å². The smallest absolute Gasteiger partial charge is 0.136 e. The molecule has 0 fully saturated rings. The van der Waals surface area contributed by atoms with Gasteiger partial charge in [0.15, 0.2) is 0 Å². The van der Waals surface area contributed by atoms with Gasteiger partial charge in [-0.2, -0.15) is 0 Å². The molecule has 0 spiro atoms. The molecule has 3 unspecified atom stereocenters. The predicted molar refractivity (Wildman–Crippen MR) is 223 cm³/mol. The summed E-state index contributed by atoms with van der Waals surface area (Å²) in [7, 11) is 0. The number of fused-ring (bicyclic) bond motifs is 8. The number of rotatable bonds is 6. The number of nitrogens with one attached hydrogen (secondary N) is 1. The van der Waals surface area contributed by atoms with E-state index in [1.54, 1.807) is 5.57 Å². The van der Waals surface area contributed by atoms with E-state index in [9.17, 15) is 0 Å². The Balaban J connectivity index is 1.03. The van der Waals surface area contributed by atoms with Crippen LogP contribution in [-0.4, -0.2) is 5.84 Å². The molecule has 0 radical (unpaired) electrons. The van der Waals surface area contributed by atoms with E-state index in [0.717, 1.165) is 63.6 Å². The first-order valence-electron chi connectivity index (χ1n) is 19.4. The van der Waals surface area contributed by atoms with Crippen LogP contribution in [-0.2, 0) is 0 Å². The van der Waals surface area contributed by atoms with Crippen molar-refractivity contribution in [3.63, 3.8) is 0 Å². The van der Waals surface area contributed by atoms with Gasteiger partial charge in [-0.15, -0.1) is 0 Å². The van der Waals surface area contributed by atoms with Crippen molar-refractivity contribution in [2.45, 2.75) is 59.0 Å². The maximum absolute atomic E-state index is 6.38. The Morgan fingerprint density at radius 3 is 2.28 bits per heavy atom. The van der Waals surface area contributed by atoms with E-state index in [4.69, 9.17) is 13.8 Å². The summed E-state index contributed by atoms with van der Waals surface area (Å²) >= 11 is 0. The van der Waals surface area contributed by atoms with Crippen LogP contribution in [0.5, 0.6) is 0 Å². The number of amidine groups is 1. The number of aliphatic imine (C=N–C) groups is 1. The first kappa shape index (κ1) is 32.8. The van der Waals surface area contributed by atoms with E-state index < -0.39 is 0 Å². The zero-order valence-corrected chi connectivity index (χ0v) is 31.3. The Bertz CT molecular complexity index is 2840. The molecule has 4 heteroatoms. The summed E-state index contributed by atoms with van der Waals surface area (Å²) in [5.74, 6) is 1.25. The number of nitrogens with zero attached hydrogens (tertiary/aromatic N) is 1. The minimum absolute atomic E-state index is 0.00772. The molecule has 0 bridgehead atoms. The molecule has 4 nitrogen and oxygen atoms in total. The lowest BCUT2D eigenvalue weighted by atomic mass is 9.75. The molecular formula is C50H44N2O2. The lowest BCUT2D eigenvalue weighted by Gasteiger charge is -2.28. The highest BCUT2D eigenvalue weighted by Crippen LogP contribution is 2.57. The van der Waals surface area contributed by atoms with Crippen LogP contribution >= 0.6 is 0 Å². The molecule has 3 aliphatic rings. The number of hydrogen-bond acceptors (Lipinski definition) is 3. The predicted octanol–water partition coefficient (Wildman–Crippen LogP) is 11.4. The van der Waals surface area contributed by atoms with Crippen molar-refractivity contribution in [3.05, 3.63) is 171 Å². The molecule has 1 N–H and O–H groups in total. The standard InChI is InChI=1S/C50H44N2O2/c1-30(32-14-6-5-7-15-32)51-49(39-20-13-23-44-46(39)37-18-8-10-21-42(37)53-44)52-31(2)33-16-12-17-34(28-33)35-24-26-41-40(29-35)36-25-27-45-47(48(36)50(41,3)4)38-19-9-11-22-43(38)54-45/h5-23,27-31,36H,24-26H2,1-4H3,(H,51,52). The largest absolute Gasteiger partial charge is 0.456 e. The van der Waals surface area contributed by atoms with Crippen molar-refractivity contribution in [2.24, 2.45) is 16.3 Å². The number of hydrogen-bond donors (Lipinski definition) is 1. The summed E-state index contributed by atoms with van der Waals surface area (Å²) in [6.07, 6.45) is 7.95. The highest BCUT2D eigenvalue weighted by atomic mass is 16.3. The van der Waals surface area contributed by atoms with Crippen LogP contribution in [0, 0.1) is 11.3 Å². The van der Waals surface area contributed by atoms with Gasteiger partial charge in [0, 0.05) is 44.3 Å². The number of para-hydroxylation sites is 2. The first-order valence-corrected chi connectivity index (χ1v) is 19.4. The molecule has 5 aromatic carbocycles. The number of allylic oxidation sites excluding steroid dienone is 4. The van der Waals surface area contributed by atoms with Gasteiger partial charge in [-0.25, -0.2) is 0 Å². The molecule has 7 aromatic rings. The third kappa shape index (κ3) is 5.22. The summed E-state index contributed by atoms with van der Waals surface area (Å²) < 4.78 is 12.7. The third-order valence-electron chi connectivity index (χ3n) is 12.3. The van der Waals surface area contributed by atoms with E-state index in [1.165, 1.54) is 44.0 Å². The van der Waals surface area contributed by atoms with Gasteiger partial charge in [-0.1, -0.05) is 123 Å². The minimum atomic E-state index is -0.0890. The average Bonchev–Trinajstić information content (AvgIpc) is 3.85. The van der Waals surface area contributed by atoms with Gasteiger partial charge < -0.3 is 14.2 Å². The number of furan rings is 2. The molecular weight excluding hydrogens is 661 g/mol. The summed E-state index contributed by atoms with van der Waals surface area (Å²) in [4.78, 5) is 5.49. The summed E-state index contributed by atoms with van der Waals surface area (Å²) in [6.45, 7) is 9.29. The van der Waals surface area contributed by atoms with Crippen molar-refractivity contribution >= 4 is 56.0 Å². The van der Waals surface area contributed by atoms with E-state index >= 15 is 0 Å². The zero-order valence-electron chi connectivity index (χ0n) is 31.3. The van der Waals surface area contributed by atoms with Crippen LogP contribution in [0.25, 0.3) is 50.1 Å². The highest BCUT2D eigenvalue weighted by Gasteiger charge is 2.45. The molecule has 3 atom stereocenters. The molecule has 2 heterocycles. The van der Waals surface area contributed by atoms with Gasteiger partial charge in [0.1, 0.15) is 28.0 Å². The molecule has 2 aromatic heterocycles. The Morgan fingerprint density at radius 2 is 1.44 bits per heavy atom. The Labute approximate surface area is 315 Å². The minimum Gasteiger partial charge on any atom is -0.456 e. The summed E-state index contributed by atoms with van der Waals surface area (Å²) in [6, 6.07) is 42.8. The fourth-order valence-electron chi connectivity index (χ4n) is 9.61. The highest BCUT2D eigenvalue weighted by molar-refractivity contribution is 6.18. The van der Waals surface area contributed by atoms with Crippen molar-refractivity contribution in [1.29, 1.82) is 0 Å². The first-order chi connectivity index (χ1) is 26.3. The third-order valence-corrected chi connectivity index (χ3v) is 12.3. The fourth-order valence-corrected chi connectivity index (χ4v) is 9.61. The average molecular weight is 705 g/mol. The summed E-state index contributed by atoms with van der Waals surface area (Å²) in [5, 5.41) is 8.58. The number of benzene rings is 5. The second-order valence-electron chi connectivity index (χ2n) is 15.8. The van der Waals surface area contributed by atoms with Crippen molar-refractivity contribution in [3.8, 4) is 0 Å². The molecule has 0 saturated heterocycles. The van der Waals surface area contributed by atoms with Gasteiger partial charge in [0.25, 0.3) is 0 Å². The van der Waals surface area contributed by atoms with E-state index in [0.29, 0.717) is 5.92 Å². The topological polar surface area (TPSA) is 50.7 Å². The second kappa shape index (κ2) is 12.6. The van der Waals surface area contributed by atoms with Crippen molar-refractivity contribution in [2.75, 3.05) is 0 Å². The van der Waals surface area contributed by atoms with Crippen LogP contribution in [0.2, 0.25) is 0 Å². The normalized spacial score (nSPS) is 19.0. The van der Waals surface area contributed by atoms with Gasteiger partial charge in [0.2, 0.25) is 0 Å². The van der Waals surface area contributed by atoms with Crippen LogP contribution in [0.3, 0.4) is 0 Å². The molecule has 54 heavy (non-hydrogen) atoms. The van der Waals surface area contributed by atoms with Crippen LogP contribution in [0.15, 0.2) is 152 Å². The molecule has 3 aliphatic carbocycles. The zero-order chi connectivity index (χ0) is 36.6. The SMILES string of the molecule is CC(N=C(NC(C)c1ccccc1)c1cccc2oc3ccccc3c12)c1cccc(C2=CC3=C(CC2)C(C)(C)C2=c4c(oc5ccccc45)=CCC32)c1. The Morgan fingerprint density at radius 1 is 0.741 bits per heavy atom. The van der Waals surface area contributed by atoms with Gasteiger partial charge in [0.05, 0.1) is 6.04 Å². The maximum atomic E-state index is 6.38. The monoisotopic (exact) mass is 704 g/mol. The van der Waals surface area contributed by atoms with E-state index in [1.807, 2.05) is 12.1 Å². The van der Waals surface area contributed by atoms with Crippen molar-refractivity contribution in [1.82, 2.24) is 5.32 Å². The lowest BCUT2D eigenvalue weighted by Crippen LogP contribution is -2.33. The molecule has 0 aliphatic heterocycles. The quantitative estimate of drug-likeness (QED) is 0.138. The Kier molecular flexibility index (Phi) is 7.66. The molecule has 0 saturated carbocycles.